The lowest BCUT2D eigenvalue weighted by atomic mass is 10.1. The van der Waals surface area contributed by atoms with Crippen molar-refractivity contribution >= 4 is 16.8 Å². The van der Waals surface area contributed by atoms with Gasteiger partial charge in [-0.1, -0.05) is 6.07 Å². The lowest BCUT2D eigenvalue weighted by Gasteiger charge is -2.32. The molecule has 6 nitrogen and oxygen atoms in total. The van der Waals surface area contributed by atoms with Gasteiger partial charge in [-0.25, -0.2) is 0 Å². The largest absolute Gasteiger partial charge is 0.490 e. The van der Waals surface area contributed by atoms with E-state index in [0.717, 1.165) is 35.2 Å². The number of hydrogen-bond donors (Lipinski definition) is 1. The number of rotatable bonds is 3. The van der Waals surface area contributed by atoms with E-state index in [9.17, 15) is 4.79 Å². The first-order valence-corrected chi connectivity index (χ1v) is 8.64. The quantitative estimate of drug-likeness (QED) is 0.799. The molecular weight excluding hydrogens is 316 g/mol. The Bertz CT molecular complexity index is 884. The van der Waals surface area contributed by atoms with Gasteiger partial charge in [0.15, 0.2) is 5.69 Å². The molecule has 2 aromatic heterocycles. The van der Waals surface area contributed by atoms with Gasteiger partial charge >= 0.3 is 0 Å². The highest BCUT2D eigenvalue weighted by Gasteiger charge is 2.26. The van der Waals surface area contributed by atoms with Crippen LogP contribution in [0.25, 0.3) is 10.9 Å². The number of fused-ring (bicyclic) bond motifs is 1. The molecule has 3 aromatic rings. The van der Waals surface area contributed by atoms with Crippen molar-refractivity contribution in [3.8, 4) is 5.75 Å². The second kappa shape index (κ2) is 6.27. The summed E-state index contributed by atoms with van der Waals surface area (Å²) in [5.41, 5.74) is 2.59. The van der Waals surface area contributed by atoms with E-state index in [1.165, 1.54) is 0 Å². The van der Waals surface area contributed by atoms with E-state index in [-0.39, 0.29) is 12.0 Å². The van der Waals surface area contributed by atoms with Gasteiger partial charge in [0.05, 0.1) is 0 Å². The predicted octanol–water partition coefficient (Wildman–Crippen LogP) is 2.89. The molecule has 1 N–H and O–H groups in total. The lowest BCUT2D eigenvalue weighted by molar-refractivity contribution is 0.0592. The number of piperidine rings is 1. The topological polar surface area (TPSA) is 63.1 Å². The fraction of sp³-hybridized carbons (Fsp3) is 0.368. The molecule has 130 valence electrons. The van der Waals surface area contributed by atoms with Gasteiger partial charge in [0.25, 0.3) is 5.91 Å². The van der Waals surface area contributed by atoms with Crippen molar-refractivity contribution in [1.29, 1.82) is 0 Å². The zero-order valence-corrected chi connectivity index (χ0v) is 14.5. The second-order valence-electron chi connectivity index (χ2n) is 6.60. The molecule has 6 heteroatoms. The predicted molar refractivity (Wildman–Crippen MR) is 95.8 cm³/mol. The van der Waals surface area contributed by atoms with E-state index < -0.39 is 0 Å². The highest BCUT2D eigenvalue weighted by atomic mass is 16.5. The maximum atomic E-state index is 12.6. The molecular formula is C19H22N4O2. The number of nitrogens with zero attached hydrogens (tertiary/aromatic N) is 3. The van der Waals surface area contributed by atoms with Gasteiger partial charge in [0.2, 0.25) is 0 Å². The van der Waals surface area contributed by atoms with Crippen LogP contribution in [0.2, 0.25) is 0 Å². The van der Waals surface area contributed by atoms with Crippen LogP contribution in [0.3, 0.4) is 0 Å². The van der Waals surface area contributed by atoms with Gasteiger partial charge < -0.3 is 14.6 Å². The number of benzene rings is 1. The van der Waals surface area contributed by atoms with Gasteiger partial charge in [-0.05, 0) is 31.2 Å². The van der Waals surface area contributed by atoms with Crippen molar-refractivity contribution in [3.63, 3.8) is 0 Å². The van der Waals surface area contributed by atoms with Crippen LogP contribution in [0.1, 0.15) is 29.0 Å². The zero-order valence-electron chi connectivity index (χ0n) is 14.5. The van der Waals surface area contributed by atoms with Crippen molar-refractivity contribution < 1.29 is 9.53 Å². The minimum Gasteiger partial charge on any atom is -0.490 e. The molecule has 1 aliphatic rings. The molecule has 0 saturated carbocycles. The molecule has 0 spiro atoms. The fourth-order valence-corrected chi connectivity index (χ4v) is 3.34. The van der Waals surface area contributed by atoms with Crippen LogP contribution in [-0.2, 0) is 7.05 Å². The molecule has 1 saturated heterocycles. The first kappa shape index (κ1) is 15.7. The van der Waals surface area contributed by atoms with Crippen LogP contribution in [0.15, 0.2) is 36.5 Å². The van der Waals surface area contributed by atoms with E-state index in [2.05, 4.69) is 10.1 Å². The number of nitrogens with one attached hydrogen (secondary N) is 1. The Morgan fingerprint density at radius 1 is 1.28 bits per heavy atom. The van der Waals surface area contributed by atoms with Crippen molar-refractivity contribution in [2.75, 3.05) is 13.1 Å². The maximum absolute atomic E-state index is 12.6. The smallest absolute Gasteiger partial charge is 0.274 e. The van der Waals surface area contributed by atoms with Crippen LogP contribution >= 0.6 is 0 Å². The molecule has 1 amide bonds. The Hall–Kier alpha value is -2.76. The molecule has 0 unspecified atom stereocenters. The van der Waals surface area contributed by atoms with Crippen LogP contribution in [-0.4, -0.2) is 44.8 Å². The summed E-state index contributed by atoms with van der Waals surface area (Å²) in [6.45, 7) is 3.34. The average molecular weight is 338 g/mol. The van der Waals surface area contributed by atoms with Crippen molar-refractivity contribution in [2.24, 2.45) is 7.05 Å². The van der Waals surface area contributed by atoms with Crippen molar-refractivity contribution in [1.82, 2.24) is 19.7 Å². The molecule has 0 aliphatic carbocycles. The normalized spacial score (nSPS) is 15.7. The Morgan fingerprint density at radius 2 is 2.08 bits per heavy atom. The van der Waals surface area contributed by atoms with Crippen LogP contribution in [0.5, 0.6) is 5.75 Å². The van der Waals surface area contributed by atoms with Gasteiger partial charge in [-0.3, -0.25) is 9.48 Å². The van der Waals surface area contributed by atoms with Crippen LogP contribution < -0.4 is 4.74 Å². The second-order valence-corrected chi connectivity index (χ2v) is 6.60. The van der Waals surface area contributed by atoms with E-state index in [4.69, 9.17) is 4.74 Å². The highest BCUT2D eigenvalue weighted by molar-refractivity contribution is 5.92. The summed E-state index contributed by atoms with van der Waals surface area (Å²) in [6, 6.07) is 9.92. The molecule has 1 fully saturated rings. The molecule has 0 atom stereocenters. The van der Waals surface area contributed by atoms with E-state index >= 15 is 0 Å². The Balaban J connectivity index is 1.40. The van der Waals surface area contributed by atoms with E-state index in [0.29, 0.717) is 18.8 Å². The first-order valence-electron chi connectivity index (χ1n) is 8.64. The van der Waals surface area contributed by atoms with Gasteiger partial charge in [0.1, 0.15) is 11.9 Å². The number of aromatic nitrogens is 3. The fourth-order valence-electron chi connectivity index (χ4n) is 3.34. The molecule has 3 heterocycles. The molecule has 1 aromatic carbocycles. The lowest BCUT2D eigenvalue weighted by Crippen LogP contribution is -2.42. The number of carbonyl (C=O) groups excluding carboxylic acids is 1. The average Bonchev–Trinajstić information content (AvgIpc) is 3.23. The number of H-pyrrole nitrogens is 1. The maximum Gasteiger partial charge on any atom is 0.274 e. The Labute approximate surface area is 146 Å². The number of likely N-dealkylation sites (tertiary alicyclic amines) is 1. The minimum absolute atomic E-state index is 0.00915. The number of aromatic amines is 1. The third-order valence-corrected chi connectivity index (χ3v) is 4.91. The summed E-state index contributed by atoms with van der Waals surface area (Å²) in [6.07, 6.45) is 3.72. The third kappa shape index (κ3) is 2.99. The summed E-state index contributed by atoms with van der Waals surface area (Å²) in [7, 11) is 1.85. The standard InChI is InChI=1S/C19H22N4O2/c1-13-12-17(21-22(13)2)19(24)23-10-7-14(8-11-23)25-18-5-3-4-16-15(18)6-9-20-16/h3-6,9,12,14,20H,7-8,10-11H2,1-2H3. The molecule has 4 rings (SSSR count). The number of carbonyl (C=O) groups is 1. The molecule has 0 radical (unpaired) electrons. The number of ether oxygens (including phenoxy) is 1. The zero-order chi connectivity index (χ0) is 17.4. The van der Waals surface area contributed by atoms with Crippen LogP contribution in [0, 0.1) is 6.92 Å². The first-order chi connectivity index (χ1) is 12.1. The summed E-state index contributed by atoms with van der Waals surface area (Å²) >= 11 is 0. The third-order valence-electron chi connectivity index (χ3n) is 4.91. The van der Waals surface area contributed by atoms with E-state index in [1.54, 1.807) is 4.68 Å². The molecule has 25 heavy (non-hydrogen) atoms. The number of aryl methyl sites for hydroxylation is 2. The molecule has 1 aliphatic heterocycles. The van der Waals surface area contributed by atoms with Crippen molar-refractivity contribution in [3.05, 3.63) is 47.9 Å². The highest BCUT2D eigenvalue weighted by Crippen LogP contribution is 2.27. The summed E-state index contributed by atoms with van der Waals surface area (Å²) in [5.74, 6) is 0.916. The van der Waals surface area contributed by atoms with Gasteiger partial charge in [-0.2, -0.15) is 5.10 Å². The number of amides is 1. The minimum atomic E-state index is 0.00915. The number of hydrogen-bond acceptors (Lipinski definition) is 3. The Morgan fingerprint density at radius 3 is 2.80 bits per heavy atom. The van der Waals surface area contributed by atoms with Crippen molar-refractivity contribution in [2.45, 2.75) is 25.9 Å². The summed E-state index contributed by atoms with van der Waals surface area (Å²) in [5, 5.41) is 5.39. The monoisotopic (exact) mass is 338 g/mol. The Kier molecular flexibility index (Phi) is 3.95. The van der Waals surface area contributed by atoms with Crippen LogP contribution in [0.4, 0.5) is 0 Å². The summed E-state index contributed by atoms with van der Waals surface area (Å²) in [4.78, 5) is 17.7. The SMILES string of the molecule is Cc1cc(C(=O)N2CCC(Oc3cccc4[nH]ccc34)CC2)nn1C. The summed E-state index contributed by atoms with van der Waals surface area (Å²) < 4.78 is 7.94. The molecule has 0 bridgehead atoms. The van der Waals surface area contributed by atoms with Gasteiger partial charge in [0, 0.05) is 55.8 Å². The van der Waals surface area contributed by atoms with Gasteiger partial charge in [-0.15, -0.1) is 0 Å². The van der Waals surface area contributed by atoms with E-state index in [1.807, 2.05) is 55.4 Å².